The standard InChI is InChI=1S/C19H22N4O2/c1-12-7-8-16(25-12)19(4,24)11-21-17-13(2)14(3)22-18(23-17)15-6-5-9-20-10-15/h5-10,24H,11H2,1-4H3,(H,21,22,23). The van der Waals surface area contributed by atoms with Gasteiger partial charge >= 0.3 is 0 Å². The maximum atomic E-state index is 10.7. The lowest BCUT2D eigenvalue weighted by Gasteiger charge is -2.22. The van der Waals surface area contributed by atoms with E-state index in [2.05, 4.69) is 20.3 Å². The van der Waals surface area contributed by atoms with Crippen LogP contribution in [0.15, 0.2) is 41.1 Å². The first-order chi connectivity index (χ1) is 11.9. The molecule has 0 aliphatic heterocycles. The highest BCUT2D eigenvalue weighted by atomic mass is 16.4. The summed E-state index contributed by atoms with van der Waals surface area (Å²) in [5, 5.41) is 13.9. The molecule has 3 aromatic rings. The lowest BCUT2D eigenvalue weighted by Crippen LogP contribution is -2.31. The highest BCUT2D eigenvalue weighted by Crippen LogP contribution is 2.25. The summed E-state index contributed by atoms with van der Waals surface area (Å²) in [5.74, 6) is 2.58. The van der Waals surface area contributed by atoms with Crippen molar-refractivity contribution in [2.24, 2.45) is 0 Å². The van der Waals surface area contributed by atoms with Crippen LogP contribution in [-0.4, -0.2) is 26.6 Å². The Hall–Kier alpha value is -2.73. The summed E-state index contributed by atoms with van der Waals surface area (Å²) in [6.07, 6.45) is 3.45. The van der Waals surface area contributed by atoms with Crippen molar-refractivity contribution in [3.63, 3.8) is 0 Å². The molecule has 25 heavy (non-hydrogen) atoms. The van der Waals surface area contributed by atoms with E-state index in [1.54, 1.807) is 25.4 Å². The fraction of sp³-hybridized carbons (Fsp3) is 0.316. The van der Waals surface area contributed by atoms with E-state index >= 15 is 0 Å². The summed E-state index contributed by atoms with van der Waals surface area (Å²) in [7, 11) is 0. The molecule has 0 amide bonds. The quantitative estimate of drug-likeness (QED) is 0.742. The van der Waals surface area contributed by atoms with Crippen LogP contribution in [0, 0.1) is 20.8 Å². The molecule has 130 valence electrons. The van der Waals surface area contributed by atoms with Crippen molar-refractivity contribution in [1.82, 2.24) is 15.0 Å². The first-order valence-electron chi connectivity index (χ1n) is 8.15. The summed E-state index contributed by atoms with van der Waals surface area (Å²) in [5.41, 5.74) is 1.53. The van der Waals surface area contributed by atoms with Crippen molar-refractivity contribution in [1.29, 1.82) is 0 Å². The molecule has 1 unspecified atom stereocenters. The van der Waals surface area contributed by atoms with E-state index < -0.39 is 5.60 Å². The molecule has 1 atom stereocenters. The highest BCUT2D eigenvalue weighted by molar-refractivity contribution is 5.58. The SMILES string of the molecule is Cc1ccc(C(C)(O)CNc2nc(-c3cccnc3)nc(C)c2C)o1. The van der Waals surface area contributed by atoms with Gasteiger partial charge < -0.3 is 14.8 Å². The monoisotopic (exact) mass is 338 g/mol. The van der Waals surface area contributed by atoms with Crippen LogP contribution in [0.3, 0.4) is 0 Å². The third kappa shape index (κ3) is 3.69. The average molecular weight is 338 g/mol. The van der Waals surface area contributed by atoms with Crippen molar-refractivity contribution in [3.05, 3.63) is 59.4 Å². The molecule has 6 nitrogen and oxygen atoms in total. The molecule has 0 aliphatic rings. The fourth-order valence-electron chi connectivity index (χ4n) is 2.49. The molecular weight excluding hydrogens is 316 g/mol. The van der Waals surface area contributed by atoms with E-state index in [0.29, 0.717) is 17.4 Å². The summed E-state index contributed by atoms with van der Waals surface area (Å²) in [6.45, 7) is 7.73. The predicted molar refractivity (Wildman–Crippen MR) is 96.2 cm³/mol. The minimum atomic E-state index is -1.14. The van der Waals surface area contributed by atoms with Crippen LogP contribution in [0.5, 0.6) is 0 Å². The van der Waals surface area contributed by atoms with Gasteiger partial charge in [0.1, 0.15) is 22.9 Å². The number of pyridine rings is 1. The molecule has 0 fully saturated rings. The topological polar surface area (TPSA) is 84.1 Å². The van der Waals surface area contributed by atoms with Crippen molar-refractivity contribution >= 4 is 5.82 Å². The van der Waals surface area contributed by atoms with Crippen molar-refractivity contribution < 1.29 is 9.52 Å². The van der Waals surface area contributed by atoms with E-state index in [4.69, 9.17) is 4.42 Å². The van der Waals surface area contributed by atoms with Crippen LogP contribution in [0.2, 0.25) is 0 Å². The molecular formula is C19H22N4O2. The number of aryl methyl sites for hydroxylation is 2. The summed E-state index contributed by atoms with van der Waals surface area (Å²) >= 11 is 0. The second-order valence-corrected chi connectivity index (χ2v) is 6.39. The molecule has 3 aromatic heterocycles. The zero-order valence-electron chi connectivity index (χ0n) is 14.9. The second kappa shape index (κ2) is 6.64. The Morgan fingerprint density at radius 2 is 1.96 bits per heavy atom. The van der Waals surface area contributed by atoms with Gasteiger partial charge in [0.25, 0.3) is 0 Å². The number of nitrogens with one attached hydrogen (secondary N) is 1. The zero-order chi connectivity index (χ0) is 18.0. The Kier molecular flexibility index (Phi) is 4.55. The Balaban J connectivity index is 1.86. The Morgan fingerprint density at radius 3 is 2.60 bits per heavy atom. The van der Waals surface area contributed by atoms with Gasteiger partial charge in [-0.3, -0.25) is 4.98 Å². The molecule has 0 aliphatic carbocycles. The van der Waals surface area contributed by atoms with Gasteiger partial charge in [-0.1, -0.05) is 0 Å². The fourth-order valence-corrected chi connectivity index (χ4v) is 2.49. The zero-order valence-corrected chi connectivity index (χ0v) is 14.9. The van der Waals surface area contributed by atoms with Crippen molar-refractivity contribution in [2.75, 3.05) is 11.9 Å². The van der Waals surface area contributed by atoms with Gasteiger partial charge in [0.15, 0.2) is 5.82 Å². The van der Waals surface area contributed by atoms with Crippen LogP contribution in [0.1, 0.15) is 29.7 Å². The average Bonchev–Trinajstić information content (AvgIpc) is 3.04. The number of aliphatic hydroxyl groups is 1. The maximum Gasteiger partial charge on any atom is 0.163 e. The minimum absolute atomic E-state index is 0.268. The predicted octanol–water partition coefficient (Wildman–Crippen LogP) is 3.38. The van der Waals surface area contributed by atoms with Crippen LogP contribution < -0.4 is 5.32 Å². The van der Waals surface area contributed by atoms with Crippen LogP contribution in [0.4, 0.5) is 5.82 Å². The van der Waals surface area contributed by atoms with Crippen molar-refractivity contribution in [3.8, 4) is 11.4 Å². The van der Waals surface area contributed by atoms with Crippen LogP contribution in [-0.2, 0) is 5.60 Å². The third-order valence-electron chi connectivity index (χ3n) is 4.18. The highest BCUT2D eigenvalue weighted by Gasteiger charge is 2.27. The Morgan fingerprint density at radius 1 is 1.16 bits per heavy atom. The summed E-state index contributed by atoms with van der Waals surface area (Å²) < 4.78 is 5.55. The maximum absolute atomic E-state index is 10.7. The largest absolute Gasteiger partial charge is 0.463 e. The molecule has 0 saturated carbocycles. The number of furan rings is 1. The molecule has 0 radical (unpaired) electrons. The molecule has 3 heterocycles. The Labute approximate surface area is 147 Å². The number of hydrogen-bond acceptors (Lipinski definition) is 6. The second-order valence-electron chi connectivity index (χ2n) is 6.39. The van der Waals surface area contributed by atoms with Crippen molar-refractivity contribution in [2.45, 2.75) is 33.3 Å². The third-order valence-corrected chi connectivity index (χ3v) is 4.18. The van der Waals surface area contributed by atoms with Gasteiger partial charge in [-0.15, -0.1) is 0 Å². The van der Waals surface area contributed by atoms with E-state index in [1.165, 1.54) is 0 Å². The summed E-state index contributed by atoms with van der Waals surface area (Å²) in [6, 6.07) is 7.40. The minimum Gasteiger partial charge on any atom is -0.463 e. The molecule has 0 aromatic carbocycles. The first-order valence-corrected chi connectivity index (χ1v) is 8.15. The molecule has 0 spiro atoms. The van der Waals surface area contributed by atoms with Crippen LogP contribution >= 0.6 is 0 Å². The van der Waals surface area contributed by atoms with Gasteiger partial charge in [0, 0.05) is 29.2 Å². The lowest BCUT2D eigenvalue weighted by atomic mass is 10.0. The van der Waals surface area contributed by atoms with Gasteiger partial charge in [-0.05, 0) is 52.0 Å². The van der Waals surface area contributed by atoms with E-state index in [0.717, 1.165) is 22.6 Å². The number of rotatable bonds is 5. The molecule has 6 heteroatoms. The van der Waals surface area contributed by atoms with Gasteiger partial charge in [0.05, 0.1) is 6.54 Å². The molecule has 2 N–H and O–H groups in total. The number of anilines is 1. The van der Waals surface area contributed by atoms with E-state index in [-0.39, 0.29) is 6.54 Å². The molecule has 3 rings (SSSR count). The number of nitrogens with zero attached hydrogens (tertiary/aromatic N) is 3. The molecule has 0 bridgehead atoms. The van der Waals surface area contributed by atoms with Gasteiger partial charge in [-0.2, -0.15) is 0 Å². The summed E-state index contributed by atoms with van der Waals surface area (Å²) in [4.78, 5) is 13.3. The van der Waals surface area contributed by atoms with Gasteiger partial charge in [-0.25, -0.2) is 9.97 Å². The Bertz CT molecular complexity index is 872. The van der Waals surface area contributed by atoms with Gasteiger partial charge in [0.2, 0.25) is 0 Å². The molecule has 0 saturated heterocycles. The first kappa shape index (κ1) is 17.1. The number of aromatic nitrogens is 3. The van der Waals surface area contributed by atoms with Crippen LogP contribution in [0.25, 0.3) is 11.4 Å². The normalized spacial score (nSPS) is 13.5. The van der Waals surface area contributed by atoms with E-state index in [9.17, 15) is 5.11 Å². The van der Waals surface area contributed by atoms with E-state index in [1.807, 2.05) is 39.0 Å². The number of hydrogen-bond donors (Lipinski definition) is 2. The lowest BCUT2D eigenvalue weighted by molar-refractivity contribution is 0.0467. The smallest absolute Gasteiger partial charge is 0.163 e.